The zero-order valence-corrected chi connectivity index (χ0v) is 14.9. The number of ether oxygens (including phenoxy) is 1. The summed E-state index contributed by atoms with van der Waals surface area (Å²) in [4.78, 5) is 34.9. The SMILES string of the molecule is CCCCCOc1ccccc1C(=O)NNC(=O)c1ccccc1[N+](=O)[O-]. The summed E-state index contributed by atoms with van der Waals surface area (Å²) >= 11 is 0. The minimum absolute atomic E-state index is 0.146. The van der Waals surface area contributed by atoms with Gasteiger partial charge in [-0.1, -0.05) is 44.0 Å². The molecule has 0 fully saturated rings. The highest BCUT2D eigenvalue weighted by atomic mass is 16.6. The Balaban J connectivity index is 2.02. The molecule has 142 valence electrons. The Hall–Kier alpha value is -3.42. The first-order valence-corrected chi connectivity index (χ1v) is 8.60. The molecule has 8 nitrogen and oxygen atoms in total. The lowest BCUT2D eigenvalue weighted by atomic mass is 10.1. The summed E-state index contributed by atoms with van der Waals surface area (Å²) in [6, 6.07) is 12.2. The van der Waals surface area contributed by atoms with E-state index in [0.717, 1.165) is 19.3 Å². The molecule has 0 radical (unpaired) electrons. The van der Waals surface area contributed by atoms with Crippen molar-refractivity contribution in [3.05, 3.63) is 69.8 Å². The van der Waals surface area contributed by atoms with Gasteiger partial charge in [-0.15, -0.1) is 0 Å². The van der Waals surface area contributed by atoms with Gasteiger partial charge in [0.2, 0.25) is 0 Å². The van der Waals surface area contributed by atoms with E-state index in [1.54, 1.807) is 24.3 Å². The van der Waals surface area contributed by atoms with Crippen molar-refractivity contribution < 1.29 is 19.2 Å². The fourth-order valence-corrected chi connectivity index (χ4v) is 2.39. The topological polar surface area (TPSA) is 111 Å². The number of nitro groups is 1. The number of benzene rings is 2. The Kier molecular flexibility index (Phi) is 7.30. The molecule has 0 saturated carbocycles. The van der Waals surface area contributed by atoms with Crippen molar-refractivity contribution in [2.75, 3.05) is 6.61 Å². The van der Waals surface area contributed by atoms with Gasteiger partial charge < -0.3 is 4.74 Å². The number of para-hydroxylation sites is 2. The molecule has 0 aliphatic rings. The highest BCUT2D eigenvalue weighted by Crippen LogP contribution is 2.19. The first-order valence-electron chi connectivity index (χ1n) is 8.60. The van der Waals surface area contributed by atoms with Crippen LogP contribution >= 0.6 is 0 Å². The lowest BCUT2D eigenvalue weighted by Gasteiger charge is -2.12. The number of rotatable bonds is 8. The molecule has 2 N–H and O–H groups in total. The van der Waals surface area contributed by atoms with Crippen LogP contribution < -0.4 is 15.6 Å². The summed E-state index contributed by atoms with van der Waals surface area (Å²) in [5.74, 6) is -0.948. The van der Waals surface area contributed by atoms with Crippen molar-refractivity contribution >= 4 is 17.5 Å². The highest BCUT2D eigenvalue weighted by Gasteiger charge is 2.20. The van der Waals surface area contributed by atoms with Crippen LogP contribution in [0, 0.1) is 10.1 Å². The molecule has 2 rings (SSSR count). The van der Waals surface area contributed by atoms with Gasteiger partial charge >= 0.3 is 0 Å². The van der Waals surface area contributed by atoms with Crippen LogP contribution in [0.15, 0.2) is 48.5 Å². The summed E-state index contributed by atoms with van der Waals surface area (Å²) in [5.41, 5.74) is 4.23. The standard InChI is InChI=1S/C19H21N3O5/c1-2-3-8-13-27-17-12-7-5-10-15(17)19(24)21-20-18(23)14-9-4-6-11-16(14)22(25)26/h4-7,9-12H,2-3,8,13H2,1H3,(H,20,23)(H,21,24). The Morgan fingerprint density at radius 2 is 1.56 bits per heavy atom. The lowest BCUT2D eigenvalue weighted by Crippen LogP contribution is -2.42. The van der Waals surface area contributed by atoms with Gasteiger partial charge in [0.15, 0.2) is 0 Å². The molecule has 0 unspecified atom stereocenters. The Labute approximate surface area is 156 Å². The molecule has 0 bridgehead atoms. The molecule has 0 heterocycles. The zero-order chi connectivity index (χ0) is 19.6. The van der Waals surface area contributed by atoms with Gasteiger partial charge in [0.1, 0.15) is 11.3 Å². The maximum atomic E-state index is 12.4. The summed E-state index contributed by atoms with van der Waals surface area (Å²) in [5, 5.41) is 11.0. The van der Waals surface area contributed by atoms with Crippen LogP contribution in [0.3, 0.4) is 0 Å². The monoisotopic (exact) mass is 371 g/mol. The second-order valence-corrected chi connectivity index (χ2v) is 5.73. The average molecular weight is 371 g/mol. The molecule has 2 aromatic rings. The van der Waals surface area contributed by atoms with E-state index in [1.807, 2.05) is 0 Å². The van der Waals surface area contributed by atoms with Gasteiger partial charge in [0.05, 0.1) is 17.1 Å². The fraction of sp³-hybridized carbons (Fsp3) is 0.263. The molecule has 0 spiro atoms. The van der Waals surface area contributed by atoms with Crippen LogP contribution in [0.25, 0.3) is 0 Å². The summed E-state index contributed by atoms with van der Waals surface area (Å²) in [6.45, 7) is 2.57. The van der Waals surface area contributed by atoms with E-state index < -0.39 is 16.7 Å². The van der Waals surface area contributed by atoms with E-state index in [4.69, 9.17) is 4.74 Å². The molecular weight excluding hydrogens is 350 g/mol. The predicted octanol–water partition coefficient (Wildman–Crippen LogP) is 3.24. The number of unbranched alkanes of at least 4 members (excludes halogenated alkanes) is 2. The predicted molar refractivity (Wildman–Crippen MR) is 99.5 cm³/mol. The number of amides is 2. The number of hydrogen-bond donors (Lipinski definition) is 2. The normalized spacial score (nSPS) is 10.1. The zero-order valence-electron chi connectivity index (χ0n) is 14.9. The first kappa shape index (κ1) is 19.9. The third kappa shape index (κ3) is 5.53. The second kappa shape index (κ2) is 9.91. The largest absolute Gasteiger partial charge is 0.493 e. The van der Waals surface area contributed by atoms with Gasteiger partial charge in [-0.25, -0.2) is 0 Å². The smallest absolute Gasteiger partial charge is 0.282 e. The number of nitro benzene ring substituents is 1. The van der Waals surface area contributed by atoms with E-state index in [-0.39, 0.29) is 16.8 Å². The minimum atomic E-state index is -0.781. The van der Waals surface area contributed by atoms with Gasteiger partial charge in [0, 0.05) is 6.07 Å². The van der Waals surface area contributed by atoms with E-state index in [0.29, 0.717) is 12.4 Å². The maximum absolute atomic E-state index is 12.4. The number of hydrogen-bond acceptors (Lipinski definition) is 5. The van der Waals surface area contributed by atoms with Crippen molar-refractivity contribution in [2.24, 2.45) is 0 Å². The third-order valence-corrected chi connectivity index (χ3v) is 3.77. The number of hydrazine groups is 1. The number of carbonyl (C=O) groups is 2. The van der Waals surface area contributed by atoms with Crippen LogP contribution in [-0.4, -0.2) is 23.3 Å². The van der Waals surface area contributed by atoms with Crippen LogP contribution in [0.5, 0.6) is 5.75 Å². The van der Waals surface area contributed by atoms with E-state index in [2.05, 4.69) is 17.8 Å². The fourth-order valence-electron chi connectivity index (χ4n) is 2.39. The van der Waals surface area contributed by atoms with Crippen molar-refractivity contribution in [1.29, 1.82) is 0 Å². The molecule has 0 aliphatic heterocycles. The van der Waals surface area contributed by atoms with Crippen LogP contribution in [0.4, 0.5) is 5.69 Å². The van der Waals surface area contributed by atoms with Gasteiger partial charge in [-0.3, -0.25) is 30.6 Å². The molecule has 8 heteroatoms. The van der Waals surface area contributed by atoms with Crippen molar-refractivity contribution in [2.45, 2.75) is 26.2 Å². The molecule has 0 aliphatic carbocycles. The summed E-state index contributed by atoms with van der Waals surface area (Å²) in [7, 11) is 0. The average Bonchev–Trinajstić information content (AvgIpc) is 2.69. The quantitative estimate of drug-likeness (QED) is 0.420. The van der Waals surface area contributed by atoms with Gasteiger partial charge in [-0.05, 0) is 24.6 Å². The van der Waals surface area contributed by atoms with E-state index >= 15 is 0 Å². The minimum Gasteiger partial charge on any atom is -0.493 e. The molecule has 27 heavy (non-hydrogen) atoms. The van der Waals surface area contributed by atoms with Crippen LogP contribution in [0.1, 0.15) is 46.9 Å². The molecular formula is C19H21N3O5. The second-order valence-electron chi connectivity index (χ2n) is 5.73. The van der Waals surface area contributed by atoms with Crippen LogP contribution in [-0.2, 0) is 0 Å². The maximum Gasteiger partial charge on any atom is 0.282 e. The third-order valence-electron chi connectivity index (χ3n) is 3.77. The summed E-state index contributed by atoms with van der Waals surface area (Å²) in [6.07, 6.45) is 2.96. The van der Waals surface area contributed by atoms with Gasteiger partial charge in [-0.2, -0.15) is 0 Å². The van der Waals surface area contributed by atoms with Crippen molar-refractivity contribution in [3.63, 3.8) is 0 Å². The molecule has 2 amide bonds. The highest BCUT2D eigenvalue weighted by molar-refractivity contribution is 6.02. The molecule has 0 atom stereocenters. The Bertz CT molecular complexity index is 822. The molecule has 0 aromatic heterocycles. The van der Waals surface area contributed by atoms with Gasteiger partial charge in [0.25, 0.3) is 17.5 Å². The van der Waals surface area contributed by atoms with E-state index in [1.165, 1.54) is 24.3 Å². The Morgan fingerprint density at radius 3 is 2.22 bits per heavy atom. The lowest BCUT2D eigenvalue weighted by molar-refractivity contribution is -0.385. The molecule has 0 saturated heterocycles. The van der Waals surface area contributed by atoms with Crippen molar-refractivity contribution in [3.8, 4) is 5.75 Å². The van der Waals surface area contributed by atoms with Crippen molar-refractivity contribution in [1.82, 2.24) is 10.9 Å². The molecule has 2 aromatic carbocycles. The Morgan fingerprint density at radius 1 is 0.963 bits per heavy atom. The summed E-state index contributed by atoms with van der Waals surface area (Å²) < 4.78 is 5.64. The number of nitrogens with zero attached hydrogens (tertiary/aromatic N) is 1. The van der Waals surface area contributed by atoms with Crippen LogP contribution in [0.2, 0.25) is 0 Å². The first-order chi connectivity index (χ1) is 13.0. The number of nitrogens with one attached hydrogen (secondary N) is 2. The number of carbonyl (C=O) groups excluding carboxylic acids is 2. The van der Waals surface area contributed by atoms with E-state index in [9.17, 15) is 19.7 Å².